The maximum absolute atomic E-state index is 13.0. The van der Waals surface area contributed by atoms with Crippen LogP contribution in [0.2, 0.25) is 0 Å². The summed E-state index contributed by atoms with van der Waals surface area (Å²) in [5.41, 5.74) is 5.04. The molecule has 4 fully saturated rings. The number of likely N-dealkylation sites (tertiary alicyclic amines) is 1. The number of nitrogens with zero attached hydrogens (tertiary/aromatic N) is 7. The van der Waals surface area contributed by atoms with Crippen LogP contribution >= 0.6 is 0 Å². The molecular formula is C33H43N7O3. The first-order valence-electron chi connectivity index (χ1n) is 15.9. The van der Waals surface area contributed by atoms with Crippen molar-refractivity contribution in [2.24, 2.45) is 16.8 Å². The highest BCUT2D eigenvalue weighted by atomic mass is 16.5. The van der Waals surface area contributed by atoms with Gasteiger partial charge in [0.25, 0.3) is 0 Å². The van der Waals surface area contributed by atoms with Crippen molar-refractivity contribution < 1.29 is 14.3 Å². The number of piperazine rings is 1. The van der Waals surface area contributed by atoms with E-state index in [2.05, 4.69) is 64.0 Å². The van der Waals surface area contributed by atoms with Crippen LogP contribution in [0, 0.1) is 11.8 Å². The van der Waals surface area contributed by atoms with E-state index in [4.69, 9.17) is 14.5 Å². The van der Waals surface area contributed by atoms with Crippen molar-refractivity contribution in [3.8, 4) is 11.3 Å². The maximum Gasteiger partial charge on any atom is 0.225 e. The molecule has 228 valence electrons. The minimum atomic E-state index is -0.283. The normalized spacial score (nSPS) is 24.5. The van der Waals surface area contributed by atoms with Crippen LogP contribution in [0.25, 0.3) is 16.8 Å². The van der Waals surface area contributed by atoms with Crippen LogP contribution in [-0.2, 0) is 19.9 Å². The Kier molecular flexibility index (Phi) is 7.92. The van der Waals surface area contributed by atoms with Gasteiger partial charge in [-0.25, -0.2) is 4.52 Å². The SMILES string of the molecule is C=NCC1CC(C(=O)N2CCN(c3ccnn4cc(-c5ccc(C6(OCC)CCN(C7COC7)CC6)cn5)cc34)CC2)C1. The van der Waals surface area contributed by atoms with Crippen LogP contribution in [0.3, 0.4) is 0 Å². The van der Waals surface area contributed by atoms with E-state index in [9.17, 15) is 4.79 Å². The molecule has 0 atom stereocenters. The third kappa shape index (κ3) is 5.45. The third-order valence-electron chi connectivity index (χ3n) is 10.1. The summed E-state index contributed by atoms with van der Waals surface area (Å²) in [5, 5.41) is 4.60. The summed E-state index contributed by atoms with van der Waals surface area (Å²) < 4.78 is 13.8. The van der Waals surface area contributed by atoms with Gasteiger partial charge in [-0.3, -0.25) is 14.7 Å². The number of anilines is 1. The van der Waals surface area contributed by atoms with Gasteiger partial charge in [0.1, 0.15) is 0 Å². The number of pyridine rings is 1. The molecule has 0 spiro atoms. The van der Waals surface area contributed by atoms with Gasteiger partial charge in [0, 0.05) is 88.1 Å². The second-order valence-corrected chi connectivity index (χ2v) is 12.6. The zero-order valence-electron chi connectivity index (χ0n) is 25.2. The Bertz CT molecular complexity index is 1430. The highest BCUT2D eigenvalue weighted by Crippen LogP contribution is 2.39. The van der Waals surface area contributed by atoms with Crippen LogP contribution in [0.4, 0.5) is 5.69 Å². The average Bonchev–Trinajstić information content (AvgIpc) is 3.44. The number of hydrogen-bond acceptors (Lipinski definition) is 8. The van der Waals surface area contributed by atoms with E-state index < -0.39 is 0 Å². The molecule has 0 N–H and O–H groups in total. The molecule has 0 aromatic carbocycles. The quantitative estimate of drug-likeness (QED) is 0.355. The molecule has 3 saturated heterocycles. The highest BCUT2D eigenvalue weighted by Gasteiger charge is 2.40. The number of carbonyl (C=O) groups excluding carboxylic acids is 1. The summed E-state index contributed by atoms with van der Waals surface area (Å²) in [4.78, 5) is 28.9. The van der Waals surface area contributed by atoms with Crippen molar-refractivity contribution >= 4 is 23.8 Å². The van der Waals surface area contributed by atoms with E-state index in [-0.39, 0.29) is 11.5 Å². The fraction of sp³-hybridized carbons (Fsp3) is 0.576. The Morgan fingerprint density at radius 2 is 1.91 bits per heavy atom. The van der Waals surface area contributed by atoms with Crippen LogP contribution in [0.1, 0.15) is 38.2 Å². The first kappa shape index (κ1) is 28.4. The number of rotatable bonds is 9. The molecule has 3 aromatic heterocycles. The van der Waals surface area contributed by atoms with Crippen LogP contribution in [0.5, 0.6) is 0 Å². The van der Waals surface area contributed by atoms with Gasteiger partial charge in [0.15, 0.2) is 0 Å². The van der Waals surface area contributed by atoms with E-state index in [0.717, 1.165) is 113 Å². The number of carbonyl (C=O) groups is 1. The molecular weight excluding hydrogens is 542 g/mol. The predicted molar refractivity (Wildman–Crippen MR) is 167 cm³/mol. The van der Waals surface area contributed by atoms with Gasteiger partial charge in [0.05, 0.1) is 41.8 Å². The van der Waals surface area contributed by atoms with E-state index in [1.807, 2.05) is 21.8 Å². The first-order chi connectivity index (χ1) is 21.1. The summed E-state index contributed by atoms with van der Waals surface area (Å²) >= 11 is 0. The number of hydrogen-bond donors (Lipinski definition) is 0. The highest BCUT2D eigenvalue weighted by molar-refractivity contribution is 5.81. The van der Waals surface area contributed by atoms with Gasteiger partial charge in [0.2, 0.25) is 5.91 Å². The summed E-state index contributed by atoms with van der Waals surface area (Å²) in [7, 11) is 0. The molecule has 6 heterocycles. The lowest BCUT2D eigenvalue weighted by molar-refractivity contribution is -0.140. The fourth-order valence-corrected chi connectivity index (χ4v) is 7.41. The summed E-state index contributed by atoms with van der Waals surface area (Å²) in [6, 6.07) is 9.15. The minimum Gasteiger partial charge on any atom is -0.378 e. The third-order valence-corrected chi connectivity index (χ3v) is 10.1. The lowest BCUT2D eigenvalue weighted by Crippen LogP contribution is -2.54. The Hall–Kier alpha value is -3.34. The molecule has 7 rings (SSSR count). The average molecular weight is 586 g/mol. The number of piperidine rings is 1. The van der Waals surface area contributed by atoms with Crippen molar-refractivity contribution in [3.05, 3.63) is 48.4 Å². The summed E-state index contributed by atoms with van der Waals surface area (Å²) in [6.07, 6.45) is 9.76. The van der Waals surface area contributed by atoms with Crippen molar-refractivity contribution in [3.63, 3.8) is 0 Å². The fourth-order valence-electron chi connectivity index (χ4n) is 7.41. The second kappa shape index (κ2) is 12.0. The van der Waals surface area contributed by atoms with Crippen molar-refractivity contribution in [1.82, 2.24) is 24.4 Å². The smallest absolute Gasteiger partial charge is 0.225 e. The number of fused-ring (bicyclic) bond motifs is 1. The van der Waals surface area contributed by atoms with Crippen molar-refractivity contribution in [2.45, 2.75) is 44.2 Å². The molecule has 1 aliphatic carbocycles. The standard InChI is InChI=1S/C33H43N7O3/c1-3-43-33(7-10-37(11-8-33)28-22-42-23-28)27-4-5-29(35-20-27)26-18-31-30(6-9-36-40(31)21-26)38-12-14-39(15-13-38)32(41)25-16-24(17-25)19-34-2/h4-6,9,18,20-21,24-25,28H,2-3,7-8,10-17,19,22-23H2,1H3. The van der Waals surface area contributed by atoms with Crippen molar-refractivity contribution in [2.75, 3.05) is 70.5 Å². The summed E-state index contributed by atoms with van der Waals surface area (Å²) in [6.45, 7) is 14.0. The molecule has 10 heteroatoms. The van der Waals surface area contributed by atoms with Gasteiger partial charge in [-0.1, -0.05) is 6.07 Å². The molecule has 3 aromatic rings. The minimum absolute atomic E-state index is 0.164. The van der Waals surface area contributed by atoms with Crippen LogP contribution < -0.4 is 4.90 Å². The Morgan fingerprint density at radius 1 is 1.12 bits per heavy atom. The Balaban J connectivity index is 1.03. The lowest BCUT2D eigenvalue weighted by Gasteiger charge is -2.46. The zero-order valence-corrected chi connectivity index (χ0v) is 25.2. The number of aromatic nitrogens is 3. The molecule has 0 bridgehead atoms. The van der Waals surface area contributed by atoms with E-state index >= 15 is 0 Å². The lowest BCUT2D eigenvalue weighted by atomic mass is 9.74. The molecule has 1 saturated carbocycles. The van der Waals surface area contributed by atoms with Crippen LogP contribution in [0.15, 0.2) is 47.8 Å². The van der Waals surface area contributed by atoms with Gasteiger partial charge in [-0.05, 0) is 63.4 Å². The molecule has 0 radical (unpaired) electrons. The van der Waals surface area contributed by atoms with Gasteiger partial charge < -0.3 is 24.3 Å². The molecule has 10 nitrogen and oxygen atoms in total. The summed E-state index contributed by atoms with van der Waals surface area (Å²) in [5.74, 6) is 1.00. The van der Waals surface area contributed by atoms with Gasteiger partial charge in [-0.2, -0.15) is 5.10 Å². The zero-order chi connectivity index (χ0) is 29.4. The van der Waals surface area contributed by atoms with Gasteiger partial charge in [-0.15, -0.1) is 0 Å². The first-order valence-corrected chi connectivity index (χ1v) is 15.9. The van der Waals surface area contributed by atoms with Gasteiger partial charge >= 0.3 is 0 Å². The molecule has 3 aliphatic heterocycles. The Labute approximate surface area is 253 Å². The van der Waals surface area contributed by atoms with E-state index in [1.54, 1.807) is 0 Å². The topological polar surface area (TPSA) is 87.8 Å². The Morgan fingerprint density at radius 3 is 2.56 bits per heavy atom. The molecule has 43 heavy (non-hydrogen) atoms. The second-order valence-electron chi connectivity index (χ2n) is 12.6. The number of ether oxygens (including phenoxy) is 2. The van der Waals surface area contributed by atoms with Crippen LogP contribution in [-0.4, -0.2) is 109 Å². The number of amides is 1. The maximum atomic E-state index is 13.0. The monoisotopic (exact) mass is 585 g/mol. The molecule has 4 aliphatic rings. The molecule has 1 amide bonds. The van der Waals surface area contributed by atoms with E-state index in [1.165, 1.54) is 0 Å². The van der Waals surface area contributed by atoms with Crippen molar-refractivity contribution in [1.29, 1.82) is 0 Å². The molecule has 0 unspecified atom stereocenters. The predicted octanol–water partition coefficient (Wildman–Crippen LogP) is 3.50. The van der Waals surface area contributed by atoms with E-state index in [0.29, 0.717) is 24.5 Å². The number of aliphatic imine (C=N–C) groups is 1. The largest absolute Gasteiger partial charge is 0.378 e.